The molecule has 0 spiro atoms. The monoisotopic (exact) mass is 387 g/mol. The van der Waals surface area contributed by atoms with Crippen LogP contribution in [-0.4, -0.2) is 21.6 Å². The van der Waals surface area contributed by atoms with Crippen LogP contribution in [0, 0.1) is 17.5 Å². The van der Waals surface area contributed by atoms with Gasteiger partial charge in [0.2, 0.25) is 0 Å². The summed E-state index contributed by atoms with van der Waals surface area (Å²) >= 11 is 10.6. The van der Waals surface area contributed by atoms with Gasteiger partial charge >= 0.3 is 0 Å². The summed E-state index contributed by atoms with van der Waals surface area (Å²) in [7, 11) is -3.23. The normalized spacial score (nSPS) is 18.0. The molecule has 23 heavy (non-hydrogen) atoms. The average molecular weight is 388 g/mol. The first-order valence-electron chi connectivity index (χ1n) is 6.14. The molecule has 126 valence electrons. The van der Waals surface area contributed by atoms with Crippen molar-refractivity contribution in [3.8, 4) is 0 Å². The summed E-state index contributed by atoms with van der Waals surface area (Å²) in [5.41, 5.74) is 0.0775. The largest absolute Gasteiger partial charge is 0.377 e. The zero-order chi connectivity index (χ0) is 17.4. The zero-order valence-electron chi connectivity index (χ0n) is 11.5. The summed E-state index contributed by atoms with van der Waals surface area (Å²) in [4.78, 5) is -1.45. The Morgan fingerprint density at radius 3 is 2.17 bits per heavy atom. The van der Waals surface area contributed by atoms with E-state index in [1.54, 1.807) is 6.08 Å². The second-order valence-electron chi connectivity index (χ2n) is 4.53. The Balaban J connectivity index is 2.43. The van der Waals surface area contributed by atoms with E-state index in [9.17, 15) is 21.6 Å². The van der Waals surface area contributed by atoms with E-state index in [-0.39, 0.29) is 11.8 Å². The maximum absolute atomic E-state index is 13.9. The summed E-state index contributed by atoms with van der Waals surface area (Å²) in [5.74, 6) is -5.08. The predicted octanol–water partition coefficient (Wildman–Crippen LogP) is 3.55. The van der Waals surface area contributed by atoms with E-state index in [1.165, 1.54) is 19.3 Å². The van der Waals surface area contributed by atoms with Crippen molar-refractivity contribution in [3.05, 3.63) is 51.4 Å². The maximum atomic E-state index is 13.9. The highest BCUT2D eigenvalue weighted by atomic mass is 35.5. The molecule has 0 bridgehead atoms. The molecule has 0 radical (unpaired) electrons. The number of hydrogen-bond acceptors (Lipinski definition) is 3. The van der Waals surface area contributed by atoms with Crippen LogP contribution in [0.5, 0.6) is 0 Å². The Hall–Kier alpha value is -1.22. The minimum absolute atomic E-state index is 0.0775. The van der Waals surface area contributed by atoms with Crippen LogP contribution >= 0.6 is 23.2 Å². The van der Waals surface area contributed by atoms with Crippen molar-refractivity contribution in [3.63, 3.8) is 0 Å². The van der Waals surface area contributed by atoms with Crippen LogP contribution < -0.4 is 4.72 Å². The number of methoxy groups -OCH3 is 1. The van der Waals surface area contributed by atoms with Crippen LogP contribution in [-0.2, 0) is 14.8 Å². The van der Waals surface area contributed by atoms with Gasteiger partial charge in [0.1, 0.15) is 10.0 Å². The molecule has 2 rings (SSSR count). The van der Waals surface area contributed by atoms with Gasteiger partial charge in [-0.15, -0.1) is 0 Å². The molecule has 1 aromatic carbocycles. The number of halogens is 5. The first-order chi connectivity index (χ1) is 10.7. The molecule has 0 aliphatic heterocycles. The standard InChI is InChI=1S/C13H10Cl2F3NO3S/c1-22-7-4-2-6(3-5-7)19-23(20,21)13-11(17)8(14)10(16)9(15)12(13)18/h2-4,7,19H,5H2,1H3. The first kappa shape index (κ1) is 18.1. The lowest BCUT2D eigenvalue weighted by Gasteiger charge is -2.17. The molecule has 0 saturated carbocycles. The second-order valence-corrected chi connectivity index (χ2v) is 6.91. The van der Waals surface area contributed by atoms with Gasteiger partial charge in [-0.1, -0.05) is 35.4 Å². The van der Waals surface area contributed by atoms with Crippen LogP contribution in [0.25, 0.3) is 0 Å². The summed E-state index contributed by atoms with van der Waals surface area (Å²) in [5, 5.41) is -2.41. The highest BCUT2D eigenvalue weighted by Gasteiger charge is 2.32. The van der Waals surface area contributed by atoms with Gasteiger partial charge in [-0.25, -0.2) is 21.6 Å². The van der Waals surface area contributed by atoms with Crippen LogP contribution in [0.1, 0.15) is 6.42 Å². The van der Waals surface area contributed by atoms with Crippen molar-refractivity contribution in [1.82, 2.24) is 4.72 Å². The highest BCUT2D eigenvalue weighted by molar-refractivity contribution is 7.89. The zero-order valence-corrected chi connectivity index (χ0v) is 13.9. The van der Waals surface area contributed by atoms with Gasteiger partial charge in [-0.3, -0.25) is 4.72 Å². The number of hydrogen-bond donors (Lipinski definition) is 1. The van der Waals surface area contributed by atoms with Gasteiger partial charge in [0, 0.05) is 12.8 Å². The molecule has 1 aliphatic carbocycles. The fourth-order valence-corrected chi connectivity index (χ4v) is 3.66. The molecule has 1 aliphatic rings. The summed E-state index contributed by atoms with van der Waals surface area (Å²) < 4.78 is 72.6. The molecule has 0 aromatic heterocycles. The van der Waals surface area contributed by atoms with Gasteiger partial charge in [-0.2, -0.15) is 0 Å². The molecular weight excluding hydrogens is 378 g/mol. The lowest BCUT2D eigenvalue weighted by Crippen LogP contribution is -2.26. The average Bonchev–Trinajstić information content (AvgIpc) is 2.51. The minimum Gasteiger partial charge on any atom is -0.377 e. The van der Waals surface area contributed by atoms with Gasteiger partial charge in [0.05, 0.1) is 6.10 Å². The fraction of sp³-hybridized carbons (Fsp3) is 0.231. The number of allylic oxidation sites excluding steroid dienone is 1. The van der Waals surface area contributed by atoms with E-state index in [2.05, 4.69) is 0 Å². The summed E-state index contributed by atoms with van der Waals surface area (Å²) in [6, 6.07) is 0. The minimum atomic E-state index is -4.70. The van der Waals surface area contributed by atoms with Crippen LogP contribution in [0.15, 0.2) is 28.8 Å². The van der Waals surface area contributed by atoms with Gasteiger partial charge in [-0.05, 0) is 12.5 Å². The lowest BCUT2D eigenvalue weighted by atomic mass is 10.1. The molecule has 0 fully saturated rings. The Bertz CT molecular complexity index is 780. The van der Waals surface area contributed by atoms with Crippen molar-refractivity contribution in [2.45, 2.75) is 17.4 Å². The van der Waals surface area contributed by atoms with Crippen molar-refractivity contribution in [1.29, 1.82) is 0 Å². The maximum Gasteiger partial charge on any atom is 0.267 e. The first-order valence-corrected chi connectivity index (χ1v) is 8.38. The molecule has 1 unspecified atom stereocenters. The van der Waals surface area contributed by atoms with E-state index < -0.39 is 42.4 Å². The molecule has 0 saturated heterocycles. The summed E-state index contributed by atoms with van der Waals surface area (Å²) in [6.45, 7) is 0. The number of benzene rings is 1. The third-order valence-corrected chi connectivity index (χ3v) is 5.12. The van der Waals surface area contributed by atoms with Gasteiger partial charge < -0.3 is 4.74 Å². The molecule has 1 aromatic rings. The molecule has 4 nitrogen and oxygen atoms in total. The van der Waals surface area contributed by atoms with Crippen molar-refractivity contribution < 1.29 is 26.3 Å². The number of ether oxygens (including phenoxy) is 1. The number of rotatable bonds is 4. The van der Waals surface area contributed by atoms with Crippen LogP contribution in [0.3, 0.4) is 0 Å². The van der Waals surface area contributed by atoms with Crippen molar-refractivity contribution >= 4 is 33.2 Å². The molecule has 0 heterocycles. The smallest absolute Gasteiger partial charge is 0.267 e. The van der Waals surface area contributed by atoms with E-state index in [4.69, 9.17) is 27.9 Å². The lowest BCUT2D eigenvalue weighted by molar-refractivity contribution is 0.142. The third-order valence-electron chi connectivity index (χ3n) is 3.05. The Labute approximate surface area is 140 Å². The van der Waals surface area contributed by atoms with E-state index >= 15 is 0 Å². The van der Waals surface area contributed by atoms with Gasteiger partial charge in [0.15, 0.2) is 22.3 Å². The second kappa shape index (κ2) is 6.72. The Morgan fingerprint density at radius 1 is 1.17 bits per heavy atom. The number of nitrogens with one attached hydrogen (secondary N) is 1. The molecule has 1 N–H and O–H groups in total. The van der Waals surface area contributed by atoms with E-state index in [1.807, 2.05) is 4.72 Å². The van der Waals surface area contributed by atoms with Crippen LogP contribution in [0.4, 0.5) is 13.2 Å². The summed E-state index contributed by atoms with van der Waals surface area (Å²) in [6.07, 6.45) is 4.54. The third kappa shape index (κ3) is 3.50. The van der Waals surface area contributed by atoms with E-state index in [0.717, 1.165) is 0 Å². The van der Waals surface area contributed by atoms with E-state index in [0.29, 0.717) is 6.42 Å². The number of sulfonamides is 1. The van der Waals surface area contributed by atoms with Crippen LogP contribution in [0.2, 0.25) is 10.0 Å². The molecule has 1 atom stereocenters. The van der Waals surface area contributed by atoms with Gasteiger partial charge in [0.25, 0.3) is 10.0 Å². The molecular formula is C13H10Cl2F3NO3S. The van der Waals surface area contributed by atoms with Crippen molar-refractivity contribution in [2.75, 3.05) is 7.11 Å². The topological polar surface area (TPSA) is 55.4 Å². The molecule has 0 amide bonds. The Kier molecular flexibility index (Phi) is 5.30. The Morgan fingerprint density at radius 2 is 1.74 bits per heavy atom. The van der Waals surface area contributed by atoms with Crippen molar-refractivity contribution in [2.24, 2.45) is 0 Å². The molecule has 10 heteroatoms. The fourth-order valence-electron chi connectivity index (χ4n) is 1.88. The SMILES string of the molecule is COC1C=CC(NS(=O)(=O)c2c(F)c(Cl)c(F)c(Cl)c2F)=CC1. The quantitative estimate of drug-likeness (QED) is 0.634. The highest BCUT2D eigenvalue weighted by Crippen LogP contribution is 2.34. The predicted molar refractivity (Wildman–Crippen MR) is 79.3 cm³/mol.